The smallest absolute Gasteiger partial charge is 0.300 e. The number of carbonyl (C=O) groups excluding carboxylic acids is 1. The third kappa shape index (κ3) is 3.38. The van der Waals surface area contributed by atoms with Crippen LogP contribution in [0, 0.1) is 20.2 Å². The number of rotatable bonds is 4. The van der Waals surface area contributed by atoms with Crippen LogP contribution >= 0.6 is 0 Å². The topological polar surface area (TPSA) is 115 Å². The van der Waals surface area contributed by atoms with Gasteiger partial charge in [-0.3, -0.25) is 25.0 Å². The summed E-state index contributed by atoms with van der Waals surface area (Å²) in [6, 6.07) is 2.71. The molecular formula is C14H17N3O5. The maximum absolute atomic E-state index is 11.2. The Morgan fingerprint density at radius 1 is 1.09 bits per heavy atom. The van der Waals surface area contributed by atoms with Crippen LogP contribution in [0.25, 0.3) is 0 Å². The lowest BCUT2D eigenvalue weighted by Gasteiger charge is -2.22. The fourth-order valence-corrected chi connectivity index (χ4v) is 2.90. The first-order valence-corrected chi connectivity index (χ1v) is 7.14. The number of carbonyl (C=O) groups is 1. The Labute approximate surface area is 126 Å². The molecule has 1 amide bonds. The lowest BCUT2D eigenvalue weighted by molar-refractivity contribution is -0.392. The summed E-state index contributed by atoms with van der Waals surface area (Å²) in [4.78, 5) is 32.3. The Morgan fingerprint density at radius 3 is 2.00 bits per heavy atom. The van der Waals surface area contributed by atoms with Crippen molar-refractivity contribution in [3.63, 3.8) is 0 Å². The van der Waals surface area contributed by atoms with Crippen molar-refractivity contribution < 1.29 is 14.6 Å². The van der Waals surface area contributed by atoms with Gasteiger partial charge >= 0.3 is 0 Å². The Balaban J connectivity index is 2.56. The summed E-state index contributed by atoms with van der Waals surface area (Å²) in [6.07, 6.45) is 4.88. The summed E-state index contributed by atoms with van der Waals surface area (Å²) in [5.41, 5.74) is -0.593. The van der Waals surface area contributed by atoms with Crippen molar-refractivity contribution in [2.24, 2.45) is 0 Å². The Morgan fingerprint density at radius 2 is 1.59 bits per heavy atom. The first-order valence-electron chi connectivity index (χ1n) is 7.14. The van der Waals surface area contributed by atoms with E-state index in [9.17, 15) is 25.0 Å². The molecule has 1 fully saturated rings. The number of amides is 1. The number of nitro benzene ring substituents is 2. The second-order valence-electron chi connectivity index (χ2n) is 5.46. The van der Waals surface area contributed by atoms with Crippen molar-refractivity contribution in [2.75, 3.05) is 5.32 Å². The summed E-state index contributed by atoms with van der Waals surface area (Å²) < 4.78 is 0. The van der Waals surface area contributed by atoms with Crippen LogP contribution in [0.1, 0.15) is 50.5 Å². The van der Waals surface area contributed by atoms with E-state index in [-0.39, 0.29) is 11.6 Å². The normalized spacial score (nSPS) is 15.3. The average Bonchev–Trinajstić information content (AvgIpc) is 2.47. The molecule has 8 nitrogen and oxygen atoms in total. The van der Waals surface area contributed by atoms with Gasteiger partial charge in [0.05, 0.1) is 9.85 Å². The molecule has 1 saturated carbocycles. The summed E-state index contributed by atoms with van der Waals surface area (Å²) in [5.74, 6) is -0.492. The Bertz CT molecular complexity index is 588. The number of nitrogens with one attached hydrogen (secondary N) is 1. The molecule has 1 N–H and O–H groups in total. The summed E-state index contributed by atoms with van der Waals surface area (Å²) >= 11 is 0. The lowest BCUT2D eigenvalue weighted by Crippen LogP contribution is -2.12. The maximum Gasteiger partial charge on any atom is 0.300 e. The van der Waals surface area contributed by atoms with E-state index >= 15 is 0 Å². The Hall–Kier alpha value is -2.51. The number of nitrogens with zero attached hydrogens (tertiary/aromatic N) is 2. The average molecular weight is 307 g/mol. The highest BCUT2D eigenvalue weighted by atomic mass is 16.6. The second-order valence-corrected chi connectivity index (χ2v) is 5.46. The molecule has 0 spiro atoms. The molecule has 118 valence electrons. The van der Waals surface area contributed by atoms with Gasteiger partial charge in [-0.2, -0.15) is 0 Å². The number of hydrogen-bond acceptors (Lipinski definition) is 5. The molecule has 0 aliphatic heterocycles. The number of benzene rings is 1. The molecule has 1 aromatic rings. The van der Waals surface area contributed by atoms with Gasteiger partial charge in [0.25, 0.3) is 11.4 Å². The maximum atomic E-state index is 11.2. The summed E-state index contributed by atoms with van der Waals surface area (Å²) in [5, 5.41) is 24.7. The Kier molecular flexibility index (Phi) is 4.69. The van der Waals surface area contributed by atoms with Gasteiger partial charge < -0.3 is 5.32 Å². The van der Waals surface area contributed by atoms with Crippen LogP contribution in [-0.2, 0) is 4.79 Å². The van der Waals surface area contributed by atoms with Gasteiger partial charge in [-0.15, -0.1) is 0 Å². The SMILES string of the molecule is CC(=O)Nc1c([N+](=O)[O-])cc(C2CCCCC2)cc1[N+](=O)[O-]. The van der Waals surface area contributed by atoms with Crippen LogP contribution in [0.2, 0.25) is 0 Å². The monoisotopic (exact) mass is 307 g/mol. The highest BCUT2D eigenvalue weighted by Gasteiger charge is 2.30. The van der Waals surface area contributed by atoms with E-state index in [0.29, 0.717) is 5.56 Å². The lowest BCUT2D eigenvalue weighted by atomic mass is 9.83. The van der Waals surface area contributed by atoms with E-state index in [1.165, 1.54) is 12.1 Å². The second kappa shape index (κ2) is 6.50. The molecule has 0 aromatic heterocycles. The third-order valence-electron chi connectivity index (χ3n) is 3.89. The molecule has 1 aromatic carbocycles. The van der Waals surface area contributed by atoms with Crippen LogP contribution < -0.4 is 5.32 Å². The minimum atomic E-state index is -0.690. The van der Waals surface area contributed by atoms with Crippen LogP contribution in [0.5, 0.6) is 0 Å². The molecule has 0 saturated heterocycles. The van der Waals surface area contributed by atoms with Crippen molar-refractivity contribution >= 4 is 23.0 Å². The van der Waals surface area contributed by atoms with Gasteiger partial charge in [-0.25, -0.2) is 0 Å². The van der Waals surface area contributed by atoms with E-state index in [1.54, 1.807) is 0 Å². The fraction of sp³-hybridized carbons (Fsp3) is 0.500. The molecule has 8 heteroatoms. The first-order chi connectivity index (χ1) is 10.4. The van der Waals surface area contributed by atoms with E-state index < -0.39 is 27.1 Å². The van der Waals surface area contributed by atoms with Crippen molar-refractivity contribution in [1.82, 2.24) is 0 Å². The first kappa shape index (κ1) is 15.9. The standard InChI is InChI=1S/C14H17N3O5/c1-9(18)15-14-12(16(19)20)7-11(8-13(14)17(21)22)10-5-3-2-4-6-10/h7-8,10H,2-6H2,1H3,(H,15,18). The van der Waals surface area contributed by atoms with Gasteiger partial charge in [0.1, 0.15) is 0 Å². The van der Waals surface area contributed by atoms with Crippen molar-refractivity contribution in [3.05, 3.63) is 37.9 Å². The van der Waals surface area contributed by atoms with Gasteiger partial charge in [0, 0.05) is 19.1 Å². The zero-order valence-electron chi connectivity index (χ0n) is 12.2. The highest BCUT2D eigenvalue weighted by molar-refractivity contribution is 5.94. The molecule has 0 heterocycles. The summed E-state index contributed by atoms with van der Waals surface area (Å²) in [7, 11) is 0. The van der Waals surface area contributed by atoms with Crippen LogP contribution in [0.4, 0.5) is 17.1 Å². The zero-order chi connectivity index (χ0) is 16.3. The molecule has 0 atom stereocenters. The van der Waals surface area contributed by atoms with Gasteiger partial charge in [-0.1, -0.05) is 19.3 Å². The molecule has 0 unspecified atom stereocenters. The van der Waals surface area contributed by atoms with E-state index in [2.05, 4.69) is 5.32 Å². The minimum Gasteiger partial charge on any atom is -0.315 e. The van der Waals surface area contributed by atoms with Gasteiger partial charge in [0.15, 0.2) is 5.69 Å². The quantitative estimate of drug-likeness (QED) is 0.675. The largest absolute Gasteiger partial charge is 0.315 e. The molecule has 1 aliphatic rings. The van der Waals surface area contributed by atoms with Gasteiger partial charge in [0.2, 0.25) is 5.91 Å². The number of anilines is 1. The zero-order valence-corrected chi connectivity index (χ0v) is 12.2. The van der Waals surface area contributed by atoms with Crippen LogP contribution in [-0.4, -0.2) is 15.8 Å². The van der Waals surface area contributed by atoms with E-state index in [1.807, 2.05) is 0 Å². The van der Waals surface area contributed by atoms with E-state index in [4.69, 9.17) is 0 Å². The number of hydrogen-bond donors (Lipinski definition) is 1. The van der Waals surface area contributed by atoms with Crippen molar-refractivity contribution in [3.8, 4) is 0 Å². The predicted octanol–water partition coefficient (Wildman–Crippen LogP) is 3.51. The summed E-state index contributed by atoms with van der Waals surface area (Å²) in [6.45, 7) is 1.16. The molecular weight excluding hydrogens is 290 g/mol. The molecule has 0 bridgehead atoms. The van der Waals surface area contributed by atoms with E-state index in [0.717, 1.165) is 39.0 Å². The van der Waals surface area contributed by atoms with Crippen LogP contribution in [0.3, 0.4) is 0 Å². The molecule has 0 radical (unpaired) electrons. The van der Waals surface area contributed by atoms with Crippen molar-refractivity contribution in [1.29, 1.82) is 0 Å². The third-order valence-corrected chi connectivity index (χ3v) is 3.89. The number of nitro groups is 2. The van der Waals surface area contributed by atoms with Crippen LogP contribution in [0.15, 0.2) is 12.1 Å². The molecule has 1 aliphatic carbocycles. The minimum absolute atomic E-state index is 0.0949. The highest BCUT2D eigenvalue weighted by Crippen LogP contribution is 2.41. The molecule has 22 heavy (non-hydrogen) atoms. The van der Waals surface area contributed by atoms with Gasteiger partial charge in [-0.05, 0) is 24.3 Å². The van der Waals surface area contributed by atoms with Crippen molar-refractivity contribution in [2.45, 2.75) is 44.9 Å². The fourth-order valence-electron chi connectivity index (χ4n) is 2.90. The molecule has 2 rings (SSSR count). The predicted molar refractivity (Wildman–Crippen MR) is 79.9 cm³/mol.